The lowest BCUT2D eigenvalue weighted by Crippen LogP contribution is -2.27. The maximum Gasteiger partial charge on any atom is 0.266 e. The Balaban J connectivity index is 2.35. The van der Waals surface area contributed by atoms with E-state index in [9.17, 15) is 4.79 Å². The number of amides is 1. The van der Waals surface area contributed by atoms with E-state index >= 15 is 0 Å². The molecule has 0 radical (unpaired) electrons. The fourth-order valence-corrected chi connectivity index (χ4v) is 3.73. The first-order valence-electron chi connectivity index (χ1n) is 5.87. The van der Waals surface area contributed by atoms with E-state index in [0.29, 0.717) is 37.1 Å². The summed E-state index contributed by atoms with van der Waals surface area (Å²) in [7, 11) is 1.49. The average Bonchev–Trinajstić information content (AvgIpc) is 2.66. The number of halogens is 2. The van der Waals surface area contributed by atoms with Crippen molar-refractivity contribution in [3.05, 3.63) is 45.3 Å². The van der Waals surface area contributed by atoms with Gasteiger partial charge in [0.05, 0.1) is 22.1 Å². The van der Waals surface area contributed by atoms with Gasteiger partial charge in [-0.2, -0.15) is 0 Å². The minimum absolute atomic E-state index is 0.145. The van der Waals surface area contributed by atoms with E-state index in [1.54, 1.807) is 24.3 Å². The largest absolute Gasteiger partial charge is 0.494 e. The summed E-state index contributed by atoms with van der Waals surface area (Å²) in [5.74, 6) is 0.266. The molecule has 0 saturated carbocycles. The highest BCUT2D eigenvalue weighted by molar-refractivity contribution is 8.26. The zero-order valence-electron chi connectivity index (χ0n) is 11.1. The van der Waals surface area contributed by atoms with Gasteiger partial charge >= 0.3 is 0 Å². The van der Waals surface area contributed by atoms with Gasteiger partial charge in [-0.3, -0.25) is 9.69 Å². The predicted octanol–water partition coefficient (Wildman–Crippen LogP) is 4.39. The minimum Gasteiger partial charge on any atom is -0.494 e. The maximum absolute atomic E-state index is 12.2. The van der Waals surface area contributed by atoms with Crippen LogP contribution in [0.1, 0.15) is 5.56 Å². The monoisotopic (exact) mass is 359 g/mol. The molecule has 110 valence electrons. The Kier molecular flexibility index (Phi) is 5.32. The molecule has 0 aliphatic carbocycles. The van der Waals surface area contributed by atoms with Gasteiger partial charge in [-0.05, 0) is 23.8 Å². The normalized spacial score (nSPS) is 16.7. The zero-order valence-corrected chi connectivity index (χ0v) is 14.2. The predicted molar refractivity (Wildman–Crippen MR) is 93.1 cm³/mol. The Bertz CT molecular complexity index is 635. The van der Waals surface area contributed by atoms with E-state index in [1.807, 2.05) is 0 Å². The third-order valence-corrected chi connectivity index (χ3v) is 4.65. The fraction of sp³-hybridized carbons (Fsp3) is 0.143. The van der Waals surface area contributed by atoms with Crippen LogP contribution in [0.5, 0.6) is 5.75 Å². The highest BCUT2D eigenvalue weighted by Gasteiger charge is 2.31. The van der Waals surface area contributed by atoms with Crippen molar-refractivity contribution in [1.29, 1.82) is 0 Å². The van der Waals surface area contributed by atoms with Gasteiger partial charge in [-0.15, -0.1) is 6.58 Å². The van der Waals surface area contributed by atoms with E-state index in [1.165, 1.54) is 23.8 Å². The Labute approximate surface area is 142 Å². The molecule has 3 nitrogen and oxygen atoms in total. The minimum atomic E-state index is -0.145. The van der Waals surface area contributed by atoms with Gasteiger partial charge in [0.25, 0.3) is 5.91 Å². The van der Waals surface area contributed by atoms with Crippen molar-refractivity contribution in [2.75, 3.05) is 13.7 Å². The topological polar surface area (TPSA) is 29.5 Å². The SMILES string of the molecule is C=CCN1C(=O)C(=Cc2cc(Cl)c(OC)c(Cl)c2)SC1=S. The molecule has 1 aromatic carbocycles. The van der Waals surface area contributed by atoms with Crippen molar-refractivity contribution in [2.24, 2.45) is 0 Å². The number of benzene rings is 1. The molecule has 0 atom stereocenters. The summed E-state index contributed by atoms with van der Waals surface area (Å²) in [4.78, 5) is 14.2. The zero-order chi connectivity index (χ0) is 15.6. The Hall–Kier alpha value is -1.01. The molecule has 2 rings (SSSR count). The van der Waals surface area contributed by atoms with Crippen LogP contribution in [-0.4, -0.2) is 28.8 Å². The lowest BCUT2D eigenvalue weighted by Gasteiger charge is -2.10. The van der Waals surface area contributed by atoms with Gasteiger partial charge in [0, 0.05) is 6.54 Å². The van der Waals surface area contributed by atoms with E-state index in [2.05, 4.69) is 6.58 Å². The molecule has 0 unspecified atom stereocenters. The second-order valence-electron chi connectivity index (χ2n) is 4.10. The first-order valence-corrected chi connectivity index (χ1v) is 7.85. The summed E-state index contributed by atoms with van der Waals surface area (Å²) in [5.41, 5.74) is 0.713. The van der Waals surface area contributed by atoms with Crippen molar-refractivity contribution < 1.29 is 9.53 Å². The molecule has 0 bridgehead atoms. The number of hydrogen-bond donors (Lipinski definition) is 0. The van der Waals surface area contributed by atoms with E-state index in [4.69, 9.17) is 40.2 Å². The van der Waals surface area contributed by atoms with Crippen LogP contribution >= 0.6 is 47.2 Å². The molecule has 21 heavy (non-hydrogen) atoms. The number of ether oxygens (including phenoxy) is 1. The Morgan fingerprint density at radius 2 is 2.05 bits per heavy atom. The van der Waals surface area contributed by atoms with Crippen molar-refractivity contribution in [3.8, 4) is 5.75 Å². The molecule has 7 heteroatoms. The molecular weight excluding hydrogens is 349 g/mol. The quantitative estimate of drug-likeness (QED) is 0.453. The van der Waals surface area contributed by atoms with Crippen molar-refractivity contribution in [3.63, 3.8) is 0 Å². The lowest BCUT2D eigenvalue weighted by molar-refractivity contribution is -0.121. The molecule has 0 spiro atoms. The molecule has 1 amide bonds. The lowest BCUT2D eigenvalue weighted by atomic mass is 10.2. The van der Waals surface area contributed by atoms with Crippen LogP contribution < -0.4 is 4.74 Å². The molecular formula is C14H11Cl2NO2S2. The Morgan fingerprint density at radius 3 is 2.57 bits per heavy atom. The molecule has 0 aromatic heterocycles. The first-order chi connectivity index (χ1) is 9.97. The van der Waals surface area contributed by atoms with Gasteiger partial charge in [0.15, 0.2) is 5.75 Å². The summed E-state index contributed by atoms with van der Waals surface area (Å²) in [6.07, 6.45) is 3.34. The third-order valence-electron chi connectivity index (χ3n) is 2.71. The van der Waals surface area contributed by atoms with Crippen LogP contribution in [0.2, 0.25) is 10.0 Å². The maximum atomic E-state index is 12.2. The number of carbonyl (C=O) groups excluding carboxylic acids is 1. The van der Waals surface area contributed by atoms with Crippen molar-refractivity contribution in [2.45, 2.75) is 0 Å². The summed E-state index contributed by atoms with van der Waals surface area (Å²) >= 11 is 18.6. The summed E-state index contributed by atoms with van der Waals surface area (Å²) < 4.78 is 5.60. The van der Waals surface area contributed by atoms with Crippen LogP contribution in [0.3, 0.4) is 0 Å². The van der Waals surface area contributed by atoms with Gasteiger partial charge in [-0.1, -0.05) is 53.3 Å². The smallest absolute Gasteiger partial charge is 0.266 e. The Morgan fingerprint density at radius 1 is 1.43 bits per heavy atom. The van der Waals surface area contributed by atoms with Gasteiger partial charge in [0.2, 0.25) is 0 Å². The summed E-state index contributed by atoms with van der Waals surface area (Å²) in [6.45, 7) is 4.01. The molecule has 1 aromatic rings. The number of rotatable bonds is 4. The number of methoxy groups -OCH3 is 1. The van der Waals surface area contributed by atoms with Gasteiger partial charge < -0.3 is 4.74 Å². The van der Waals surface area contributed by atoms with Crippen LogP contribution in [0, 0.1) is 0 Å². The fourth-order valence-electron chi connectivity index (χ4n) is 1.80. The van der Waals surface area contributed by atoms with Gasteiger partial charge in [-0.25, -0.2) is 0 Å². The second-order valence-corrected chi connectivity index (χ2v) is 6.59. The average molecular weight is 360 g/mol. The third kappa shape index (κ3) is 3.43. The molecule has 0 N–H and O–H groups in total. The summed E-state index contributed by atoms with van der Waals surface area (Å²) in [6, 6.07) is 3.37. The number of nitrogens with zero attached hydrogens (tertiary/aromatic N) is 1. The highest BCUT2D eigenvalue weighted by atomic mass is 35.5. The number of thiocarbonyl (C=S) groups is 1. The molecule has 1 heterocycles. The molecule has 1 fully saturated rings. The van der Waals surface area contributed by atoms with E-state index in [0.717, 1.165) is 0 Å². The highest BCUT2D eigenvalue weighted by Crippen LogP contribution is 2.37. The molecule has 1 aliphatic rings. The van der Waals surface area contributed by atoms with E-state index in [-0.39, 0.29) is 5.91 Å². The summed E-state index contributed by atoms with van der Waals surface area (Å²) in [5, 5.41) is 0.774. The molecule has 1 saturated heterocycles. The standard InChI is InChI=1S/C14H11Cl2NO2S2/c1-3-4-17-13(18)11(21-14(17)20)7-8-5-9(15)12(19-2)10(16)6-8/h3,5-7H,1,4H2,2H3. The van der Waals surface area contributed by atoms with Gasteiger partial charge in [0.1, 0.15) is 4.32 Å². The van der Waals surface area contributed by atoms with Crippen LogP contribution in [0.15, 0.2) is 29.7 Å². The number of hydrogen-bond acceptors (Lipinski definition) is 4. The molecule has 1 aliphatic heterocycles. The first kappa shape index (κ1) is 16.4. The van der Waals surface area contributed by atoms with Crippen LogP contribution in [0.4, 0.5) is 0 Å². The number of thioether (sulfide) groups is 1. The van der Waals surface area contributed by atoms with Crippen molar-refractivity contribution in [1.82, 2.24) is 4.90 Å². The van der Waals surface area contributed by atoms with E-state index < -0.39 is 0 Å². The van der Waals surface area contributed by atoms with Crippen LogP contribution in [-0.2, 0) is 4.79 Å². The van der Waals surface area contributed by atoms with Crippen molar-refractivity contribution >= 4 is 63.5 Å². The van der Waals surface area contributed by atoms with Crippen LogP contribution in [0.25, 0.3) is 6.08 Å². The second kappa shape index (κ2) is 6.83. The number of carbonyl (C=O) groups is 1.